The number of aryl methyl sites for hydroxylation is 1. The van der Waals surface area contributed by atoms with E-state index >= 15 is 0 Å². The molecule has 0 saturated heterocycles. The molecule has 2 N–H and O–H groups in total. The monoisotopic (exact) mass is 407 g/mol. The molecule has 7 nitrogen and oxygen atoms in total. The fourth-order valence-corrected chi connectivity index (χ4v) is 3.17. The van der Waals surface area contributed by atoms with Gasteiger partial charge >= 0.3 is 0 Å². The van der Waals surface area contributed by atoms with Gasteiger partial charge in [-0.25, -0.2) is 4.68 Å². The van der Waals surface area contributed by atoms with Crippen molar-refractivity contribution in [2.24, 2.45) is 0 Å². The number of aliphatic hydroxyl groups is 1. The summed E-state index contributed by atoms with van der Waals surface area (Å²) in [6, 6.07) is 18.8. The van der Waals surface area contributed by atoms with Crippen molar-refractivity contribution >= 4 is 5.91 Å². The summed E-state index contributed by atoms with van der Waals surface area (Å²) in [7, 11) is 0. The highest BCUT2D eigenvalue weighted by Crippen LogP contribution is 2.31. The minimum Gasteiger partial charge on any atom is -0.394 e. The Morgan fingerprint density at radius 1 is 1.03 bits per heavy atom. The summed E-state index contributed by atoms with van der Waals surface area (Å²) in [6.07, 6.45) is 0. The van der Waals surface area contributed by atoms with Crippen molar-refractivity contribution < 1.29 is 14.6 Å². The van der Waals surface area contributed by atoms with Crippen molar-refractivity contribution in [3.8, 4) is 22.4 Å². The predicted octanol–water partition coefficient (Wildman–Crippen LogP) is 2.34. The molecule has 30 heavy (non-hydrogen) atoms. The van der Waals surface area contributed by atoms with Gasteiger partial charge in [-0.05, 0) is 12.5 Å². The van der Waals surface area contributed by atoms with E-state index in [0.717, 1.165) is 11.1 Å². The number of rotatable bonds is 9. The molecule has 0 bridgehead atoms. The van der Waals surface area contributed by atoms with Crippen LogP contribution in [0.25, 0.3) is 22.4 Å². The third-order valence-electron chi connectivity index (χ3n) is 4.56. The number of hydrogen-bond donors (Lipinski definition) is 2. The molecule has 0 aliphatic carbocycles. The molecule has 7 heteroatoms. The first-order valence-electron chi connectivity index (χ1n) is 9.90. The number of amides is 1. The number of nitrogens with zero attached hydrogens (tertiary/aromatic N) is 2. The summed E-state index contributed by atoms with van der Waals surface area (Å²) in [4.78, 5) is 26.2. The van der Waals surface area contributed by atoms with Crippen molar-refractivity contribution in [3.63, 3.8) is 0 Å². The number of ether oxygens (including phenoxy) is 1. The molecular weight excluding hydrogens is 382 g/mol. The molecule has 0 fully saturated rings. The number of carbonyl (C=O) groups is 1. The van der Waals surface area contributed by atoms with E-state index in [1.165, 1.54) is 4.68 Å². The smallest absolute Gasteiger partial charge is 0.280 e. The van der Waals surface area contributed by atoms with Crippen LogP contribution in [0.15, 0.2) is 65.5 Å². The van der Waals surface area contributed by atoms with Crippen LogP contribution in [0.4, 0.5) is 0 Å². The van der Waals surface area contributed by atoms with Crippen LogP contribution in [0, 0.1) is 0 Å². The Kier molecular flexibility index (Phi) is 7.48. The number of nitrogens with one attached hydrogen (secondary N) is 1. The maximum atomic E-state index is 13.1. The first-order valence-corrected chi connectivity index (χ1v) is 9.90. The molecule has 0 spiro atoms. The van der Waals surface area contributed by atoms with E-state index in [1.807, 2.05) is 67.6 Å². The van der Waals surface area contributed by atoms with Crippen LogP contribution in [0.3, 0.4) is 0 Å². The standard InChI is InChI=1S/C23H25N3O4/c1-2-26-23(29)20(22(28)24-13-15-30-16-14-27)19(17-9-5-3-6-10-17)21(25-26)18-11-7-4-8-12-18/h3-12,27H,2,13-16H2,1H3,(H,24,28). The summed E-state index contributed by atoms with van der Waals surface area (Å²) in [5.74, 6) is -0.478. The molecule has 3 rings (SSSR count). The summed E-state index contributed by atoms with van der Waals surface area (Å²) in [5.41, 5.74) is 2.25. The van der Waals surface area contributed by atoms with Crippen LogP contribution in [-0.4, -0.2) is 47.2 Å². The van der Waals surface area contributed by atoms with Gasteiger partial charge in [0, 0.05) is 24.2 Å². The van der Waals surface area contributed by atoms with Crippen molar-refractivity contribution in [2.45, 2.75) is 13.5 Å². The van der Waals surface area contributed by atoms with Gasteiger partial charge in [-0.15, -0.1) is 0 Å². The quantitative estimate of drug-likeness (QED) is 0.531. The van der Waals surface area contributed by atoms with E-state index in [-0.39, 0.29) is 31.9 Å². The molecule has 0 atom stereocenters. The molecule has 1 aromatic heterocycles. The van der Waals surface area contributed by atoms with Gasteiger partial charge in [-0.2, -0.15) is 5.10 Å². The average molecular weight is 407 g/mol. The molecule has 2 aromatic carbocycles. The number of benzene rings is 2. The lowest BCUT2D eigenvalue weighted by Gasteiger charge is -2.17. The second-order valence-electron chi connectivity index (χ2n) is 6.54. The summed E-state index contributed by atoms with van der Waals surface area (Å²) in [6.45, 7) is 2.73. The molecular formula is C23H25N3O4. The predicted molar refractivity (Wildman–Crippen MR) is 115 cm³/mol. The van der Waals surface area contributed by atoms with Gasteiger partial charge in [0.05, 0.1) is 25.5 Å². The zero-order valence-electron chi connectivity index (χ0n) is 16.9. The number of carbonyl (C=O) groups excluding carboxylic acids is 1. The van der Waals surface area contributed by atoms with Crippen LogP contribution in [-0.2, 0) is 11.3 Å². The lowest BCUT2D eigenvalue weighted by molar-refractivity contribution is 0.0837. The summed E-state index contributed by atoms with van der Waals surface area (Å²) >= 11 is 0. The average Bonchev–Trinajstić information content (AvgIpc) is 2.79. The van der Waals surface area contributed by atoms with Gasteiger partial charge in [0.1, 0.15) is 5.56 Å². The van der Waals surface area contributed by atoms with E-state index in [9.17, 15) is 9.59 Å². The number of aliphatic hydroxyl groups excluding tert-OH is 1. The van der Waals surface area contributed by atoms with Crippen LogP contribution in [0.5, 0.6) is 0 Å². The highest BCUT2D eigenvalue weighted by atomic mass is 16.5. The molecule has 3 aromatic rings. The van der Waals surface area contributed by atoms with Gasteiger partial charge in [-0.3, -0.25) is 9.59 Å². The fraction of sp³-hybridized carbons (Fsp3) is 0.261. The molecule has 156 valence electrons. The molecule has 0 saturated carbocycles. The Morgan fingerprint density at radius 3 is 2.27 bits per heavy atom. The van der Waals surface area contributed by atoms with Crippen LogP contribution >= 0.6 is 0 Å². The molecule has 1 amide bonds. The minimum atomic E-state index is -0.478. The summed E-state index contributed by atoms with van der Waals surface area (Å²) in [5, 5.41) is 16.1. The maximum absolute atomic E-state index is 13.1. The number of hydrogen-bond acceptors (Lipinski definition) is 5. The Morgan fingerprint density at radius 2 is 1.67 bits per heavy atom. The highest BCUT2D eigenvalue weighted by molar-refractivity contribution is 6.03. The third kappa shape index (κ3) is 4.82. The second-order valence-corrected chi connectivity index (χ2v) is 6.54. The first kappa shape index (κ1) is 21.4. The van der Waals surface area contributed by atoms with E-state index in [1.54, 1.807) is 0 Å². The Bertz CT molecular complexity index is 1030. The topological polar surface area (TPSA) is 93.5 Å². The third-order valence-corrected chi connectivity index (χ3v) is 4.56. The molecule has 0 aliphatic rings. The van der Waals surface area contributed by atoms with Gasteiger partial charge in [0.15, 0.2) is 0 Å². The Balaban J connectivity index is 2.14. The van der Waals surface area contributed by atoms with Crippen molar-refractivity contribution in [1.29, 1.82) is 0 Å². The van der Waals surface area contributed by atoms with Crippen LogP contribution in [0.2, 0.25) is 0 Å². The van der Waals surface area contributed by atoms with Crippen LogP contribution < -0.4 is 10.9 Å². The lowest BCUT2D eigenvalue weighted by Crippen LogP contribution is -2.36. The summed E-state index contributed by atoms with van der Waals surface area (Å²) < 4.78 is 6.50. The lowest BCUT2D eigenvalue weighted by atomic mass is 9.95. The SMILES string of the molecule is CCn1nc(-c2ccccc2)c(-c2ccccc2)c(C(=O)NCCOCCO)c1=O. The second kappa shape index (κ2) is 10.5. The Labute approximate surface area is 174 Å². The van der Waals surface area contributed by atoms with Gasteiger partial charge < -0.3 is 15.2 Å². The minimum absolute atomic E-state index is 0.0547. The molecule has 0 aliphatic heterocycles. The normalized spacial score (nSPS) is 10.7. The van der Waals surface area contributed by atoms with Crippen molar-refractivity contribution in [2.75, 3.05) is 26.4 Å². The van der Waals surface area contributed by atoms with E-state index in [2.05, 4.69) is 10.4 Å². The zero-order chi connectivity index (χ0) is 21.3. The van der Waals surface area contributed by atoms with Gasteiger partial charge in [0.2, 0.25) is 0 Å². The fourth-order valence-electron chi connectivity index (χ4n) is 3.17. The molecule has 0 unspecified atom stereocenters. The van der Waals surface area contributed by atoms with Crippen LogP contribution in [0.1, 0.15) is 17.3 Å². The first-order chi connectivity index (χ1) is 14.7. The molecule has 1 heterocycles. The Hall–Kier alpha value is -3.29. The van der Waals surface area contributed by atoms with E-state index in [4.69, 9.17) is 9.84 Å². The highest BCUT2D eigenvalue weighted by Gasteiger charge is 2.24. The van der Waals surface area contributed by atoms with E-state index in [0.29, 0.717) is 17.8 Å². The van der Waals surface area contributed by atoms with Crippen molar-refractivity contribution in [3.05, 3.63) is 76.6 Å². The van der Waals surface area contributed by atoms with E-state index < -0.39 is 11.5 Å². The van der Waals surface area contributed by atoms with Gasteiger partial charge in [0.25, 0.3) is 11.5 Å². The number of aromatic nitrogens is 2. The van der Waals surface area contributed by atoms with Crippen molar-refractivity contribution in [1.82, 2.24) is 15.1 Å². The van der Waals surface area contributed by atoms with Gasteiger partial charge in [-0.1, -0.05) is 60.7 Å². The largest absolute Gasteiger partial charge is 0.394 e. The zero-order valence-corrected chi connectivity index (χ0v) is 16.9. The maximum Gasteiger partial charge on any atom is 0.280 e. The molecule has 0 radical (unpaired) electrons.